The van der Waals surface area contributed by atoms with Crippen molar-refractivity contribution in [2.45, 2.75) is 19.4 Å². The summed E-state index contributed by atoms with van der Waals surface area (Å²) in [6.07, 6.45) is 0.471. The van der Waals surface area contributed by atoms with E-state index in [2.05, 4.69) is 10.6 Å². The Kier molecular flexibility index (Phi) is 7.29. The van der Waals surface area contributed by atoms with Crippen molar-refractivity contribution in [2.75, 3.05) is 24.9 Å². The Balaban J connectivity index is 1.49. The normalized spacial score (nSPS) is 12.9. The fraction of sp³-hybridized carbons (Fsp3) is 0.185. The Labute approximate surface area is 208 Å². The number of benzene rings is 3. The molecule has 0 atom stereocenters. The first kappa shape index (κ1) is 24.5. The lowest BCUT2D eigenvalue weighted by molar-refractivity contribution is -0.139. The Morgan fingerprint density at radius 2 is 1.22 bits per heavy atom. The number of rotatable bonds is 8. The van der Waals surface area contributed by atoms with Gasteiger partial charge in [0, 0.05) is 36.1 Å². The third-order valence-electron chi connectivity index (χ3n) is 5.77. The van der Waals surface area contributed by atoms with Crippen LogP contribution in [0.4, 0.5) is 11.4 Å². The van der Waals surface area contributed by atoms with Crippen LogP contribution < -0.4 is 20.1 Å². The molecule has 1 saturated heterocycles. The molecule has 0 aliphatic carbocycles. The molecule has 1 aliphatic rings. The number of ether oxygens (including phenoxy) is 2. The minimum atomic E-state index is -0.392. The maximum Gasteiger partial charge on any atom is 0.255 e. The summed E-state index contributed by atoms with van der Waals surface area (Å²) < 4.78 is 10.9. The SMILES string of the molecule is COc1cc(NC(=O)c2ccc(CN3C(=O)CCC3=O)cc2)c(OC)cc1NC(=O)c1ccccc1. The molecule has 0 aromatic heterocycles. The highest BCUT2D eigenvalue weighted by Gasteiger charge is 2.28. The lowest BCUT2D eigenvalue weighted by atomic mass is 10.1. The first-order valence-electron chi connectivity index (χ1n) is 11.3. The first-order valence-corrected chi connectivity index (χ1v) is 11.3. The number of carbonyl (C=O) groups is 4. The van der Waals surface area contributed by atoms with Gasteiger partial charge >= 0.3 is 0 Å². The molecular weight excluding hydrogens is 462 g/mol. The van der Waals surface area contributed by atoms with Crippen LogP contribution in [0.15, 0.2) is 66.7 Å². The number of likely N-dealkylation sites (tertiary alicyclic amines) is 1. The molecule has 3 aromatic carbocycles. The molecule has 184 valence electrons. The summed E-state index contributed by atoms with van der Waals surface area (Å²) in [6.45, 7) is 0.181. The number of nitrogens with zero attached hydrogens (tertiary/aromatic N) is 1. The molecule has 1 aliphatic heterocycles. The standard InChI is InChI=1S/C27H25N3O6/c1-35-22-15-21(23(36-2)14-20(22)28-26(33)18-6-4-3-5-7-18)29-27(34)19-10-8-17(9-11-19)16-30-24(31)12-13-25(30)32/h3-11,14-15H,12-13,16H2,1-2H3,(H,28,33)(H,29,34). The van der Waals surface area contributed by atoms with Crippen molar-refractivity contribution in [1.29, 1.82) is 0 Å². The molecule has 9 heteroatoms. The maximum absolute atomic E-state index is 12.9. The van der Waals surface area contributed by atoms with E-state index in [0.717, 1.165) is 5.56 Å². The van der Waals surface area contributed by atoms with Gasteiger partial charge in [-0.1, -0.05) is 30.3 Å². The van der Waals surface area contributed by atoms with Crippen molar-refractivity contribution in [3.63, 3.8) is 0 Å². The summed E-state index contributed by atoms with van der Waals surface area (Å²) in [4.78, 5) is 50.4. The molecule has 0 spiro atoms. The van der Waals surface area contributed by atoms with Crippen LogP contribution in [0.2, 0.25) is 0 Å². The molecule has 0 unspecified atom stereocenters. The molecule has 2 N–H and O–H groups in total. The predicted molar refractivity (Wildman–Crippen MR) is 133 cm³/mol. The van der Waals surface area contributed by atoms with Crippen LogP contribution in [-0.2, 0) is 16.1 Å². The topological polar surface area (TPSA) is 114 Å². The summed E-state index contributed by atoms with van der Waals surface area (Å²) in [7, 11) is 2.91. The number of hydrogen-bond donors (Lipinski definition) is 2. The van der Waals surface area contributed by atoms with Crippen LogP contribution in [0.1, 0.15) is 39.1 Å². The predicted octanol–water partition coefficient (Wildman–Crippen LogP) is 3.86. The molecule has 1 fully saturated rings. The zero-order valence-corrected chi connectivity index (χ0v) is 19.9. The van der Waals surface area contributed by atoms with Gasteiger partial charge in [-0.15, -0.1) is 0 Å². The average Bonchev–Trinajstić information content (AvgIpc) is 3.22. The van der Waals surface area contributed by atoms with E-state index in [9.17, 15) is 19.2 Å². The smallest absolute Gasteiger partial charge is 0.255 e. The van der Waals surface area contributed by atoms with Crippen LogP contribution in [0.25, 0.3) is 0 Å². The van der Waals surface area contributed by atoms with E-state index < -0.39 is 5.91 Å². The fourth-order valence-corrected chi connectivity index (χ4v) is 3.81. The second-order valence-corrected chi connectivity index (χ2v) is 8.10. The van der Waals surface area contributed by atoms with Gasteiger partial charge in [-0.2, -0.15) is 0 Å². The van der Waals surface area contributed by atoms with Crippen molar-refractivity contribution in [3.8, 4) is 11.5 Å². The van der Waals surface area contributed by atoms with E-state index in [1.54, 1.807) is 60.7 Å². The monoisotopic (exact) mass is 487 g/mol. The molecule has 4 rings (SSSR count). The van der Waals surface area contributed by atoms with Crippen molar-refractivity contribution < 1.29 is 28.7 Å². The van der Waals surface area contributed by atoms with Gasteiger partial charge < -0.3 is 20.1 Å². The first-order chi connectivity index (χ1) is 17.4. The number of methoxy groups -OCH3 is 2. The number of imide groups is 1. The Morgan fingerprint density at radius 3 is 1.69 bits per heavy atom. The minimum Gasteiger partial charge on any atom is -0.494 e. The third kappa shape index (κ3) is 5.35. The average molecular weight is 488 g/mol. The van der Waals surface area contributed by atoms with E-state index in [4.69, 9.17) is 9.47 Å². The zero-order valence-electron chi connectivity index (χ0n) is 19.9. The molecule has 1 heterocycles. The van der Waals surface area contributed by atoms with Gasteiger partial charge in [-0.05, 0) is 29.8 Å². The number of amides is 4. The van der Waals surface area contributed by atoms with E-state index in [-0.39, 0.29) is 37.1 Å². The van der Waals surface area contributed by atoms with E-state index in [1.807, 2.05) is 6.07 Å². The molecule has 3 aromatic rings. The van der Waals surface area contributed by atoms with E-state index in [0.29, 0.717) is 34.0 Å². The highest BCUT2D eigenvalue weighted by molar-refractivity contribution is 6.07. The molecule has 0 radical (unpaired) electrons. The van der Waals surface area contributed by atoms with Gasteiger partial charge in [0.05, 0.1) is 32.1 Å². The lowest BCUT2D eigenvalue weighted by Gasteiger charge is -2.16. The van der Waals surface area contributed by atoms with Gasteiger partial charge in [0.1, 0.15) is 11.5 Å². The van der Waals surface area contributed by atoms with Gasteiger partial charge in [0.15, 0.2) is 0 Å². The highest BCUT2D eigenvalue weighted by Crippen LogP contribution is 2.37. The number of nitrogens with one attached hydrogen (secondary N) is 2. The summed E-state index contributed by atoms with van der Waals surface area (Å²) in [5, 5.41) is 5.59. The molecule has 9 nitrogen and oxygen atoms in total. The van der Waals surface area contributed by atoms with Gasteiger partial charge in [-0.25, -0.2) is 0 Å². The van der Waals surface area contributed by atoms with E-state index >= 15 is 0 Å². The summed E-state index contributed by atoms with van der Waals surface area (Å²) in [5.41, 5.74) is 2.34. The molecule has 0 bridgehead atoms. The molecule has 36 heavy (non-hydrogen) atoms. The van der Waals surface area contributed by atoms with Crippen molar-refractivity contribution in [2.24, 2.45) is 0 Å². The van der Waals surface area contributed by atoms with Gasteiger partial charge in [0.2, 0.25) is 11.8 Å². The van der Waals surface area contributed by atoms with Crippen LogP contribution in [-0.4, -0.2) is 42.7 Å². The largest absolute Gasteiger partial charge is 0.494 e. The van der Waals surface area contributed by atoms with Crippen LogP contribution in [0.3, 0.4) is 0 Å². The van der Waals surface area contributed by atoms with Crippen molar-refractivity contribution in [1.82, 2.24) is 4.90 Å². The number of hydrogen-bond acceptors (Lipinski definition) is 6. The number of carbonyl (C=O) groups excluding carboxylic acids is 4. The summed E-state index contributed by atoms with van der Waals surface area (Å²) in [5.74, 6) is -0.417. The van der Waals surface area contributed by atoms with Crippen molar-refractivity contribution in [3.05, 3.63) is 83.4 Å². The third-order valence-corrected chi connectivity index (χ3v) is 5.77. The van der Waals surface area contributed by atoms with Crippen LogP contribution in [0.5, 0.6) is 11.5 Å². The van der Waals surface area contributed by atoms with Crippen molar-refractivity contribution >= 4 is 35.0 Å². The highest BCUT2D eigenvalue weighted by atomic mass is 16.5. The fourth-order valence-electron chi connectivity index (χ4n) is 3.81. The lowest BCUT2D eigenvalue weighted by Crippen LogP contribution is -2.28. The minimum absolute atomic E-state index is 0.181. The van der Waals surface area contributed by atoms with Crippen LogP contribution in [0, 0.1) is 0 Å². The summed E-state index contributed by atoms with van der Waals surface area (Å²) >= 11 is 0. The van der Waals surface area contributed by atoms with Crippen LogP contribution >= 0.6 is 0 Å². The second-order valence-electron chi connectivity index (χ2n) is 8.10. The van der Waals surface area contributed by atoms with Gasteiger partial charge in [0.25, 0.3) is 11.8 Å². The van der Waals surface area contributed by atoms with Gasteiger partial charge in [-0.3, -0.25) is 24.1 Å². The molecule has 0 saturated carbocycles. The number of anilines is 2. The summed E-state index contributed by atoms with van der Waals surface area (Å²) in [6, 6.07) is 18.5. The zero-order chi connectivity index (χ0) is 25.7. The Bertz CT molecular complexity index is 1290. The van der Waals surface area contributed by atoms with E-state index in [1.165, 1.54) is 19.1 Å². The molecular formula is C27H25N3O6. The quantitative estimate of drug-likeness (QED) is 0.467. The molecule has 4 amide bonds. The maximum atomic E-state index is 12.9. The Hall–Kier alpha value is -4.66. The Morgan fingerprint density at radius 1 is 0.750 bits per heavy atom. The second kappa shape index (κ2) is 10.7.